The average molecular weight is 291 g/mol. The molecule has 1 N–H and O–H groups in total. The second-order valence-corrected chi connectivity index (χ2v) is 5.50. The van der Waals surface area contributed by atoms with Crippen molar-refractivity contribution >= 4 is 17.3 Å². The second-order valence-electron chi connectivity index (χ2n) is 5.50. The summed E-state index contributed by atoms with van der Waals surface area (Å²) in [5.74, 6) is 0.515. The molecule has 1 aromatic carbocycles. The zero-order valence-corrected chi connectivity index (χ0v) is 12.5. The van der Waals surface area contributed by atoms with Gasteiger partial charge in [0.25, 0.3) is 11.6 Å². The van der Waals surface area contributed by atoms with Gasteiger partial charge in [-0.1, -0.05) is 6.42 Å². The van der Waals surface area contributed by atoms with E-state index in [1.54, 1.807) is 18.0 Å². The summed E-state index contributed by atoms with van der Waals surface area (Å²) in [4.78, 5) is 24.6. The van der Waals surface area contributed by atoms with E-state index in [0.29, 0.717) is 23.7 Å². The van der Waals surface area contributed by atoms with Gasteiger partial charge in [-0.2, -0.15) is 0 Å². The third-order valence-electron chi connectivity index (χ3n) is 3.91. The Labute approximate surface area is 124 Å². The van der Waals surface area contributed by atoms with Crippen LogP contribution in [0.4, 0.5) is 11.4 Å². The van der Waals surface area contributed by atoms with Crippen LogP contribution < -0.4 is 5.32 Å². The van der Waals surface area contributed by atoms with Crippen LogP contribution in [0.2, 0.25) is 0 Å². The van der Waals surface area contributed by atoms with Crippen LogP contribution in [0.15, 0.2) is 18.2 Å². The molecule has 0 atom stereocenters. The van der Waals surface area contributed by atoms with Gasteiger partial charge in [-0.25, -0.2) is 0 Å². The Morgan fingerprint density at radius 2 is 2.19 bits per heavy atom. The van der Waals surface area contributed by atoms with E-state index in [4.69, 9.17) is 0 Å². The van der Waals surface area contributed by atoms with E-state index in [-0.39, 0.29) is 11.6 Å². The van der Waals surface area contributed by atoms with Crippen molar-refractivity contribution in [2.75, 3.05) is 25.5 Å². The first-order chi connectivity index (χ1) is 10.0. The summed E-state index contributed by atoms with van der Waals surface area (Å²) in [5.41, 5.74) is 0.874. The number of anilines is 1. The summed E-state index contributed by atoms with van der Waals surface area (Å²) < 4.78 is 0. The van der Waals surface area contributed by atoms with Crippen molar-refractivity contribution in [1.29, 1.82) is 0 Å². The highest BCUT2D eigenvalue weighted by Gasteiger charge is 2.23. The van der Waals surface area contributed by atoms with Crippen LogP contribution >= 0.6 is 0 Å². The van der Waals surface area contributed by atoms with Crippen LogP contribution in [0.1, 0.15) is 36.5 Å². The highest BCUT2D eigenvalue weighted by Crippen LogP contribution is 2.28. The smallest absolute Gasteiger partial charge is 0.292 e. The van der Waals surface area contributed by atoms with Gasteiger partial charge in [0.2, 0.25) is 0 Å². The normalized spacial score (nSPS) is 14.4. The largest absolute Gasteiger partial charge is 0.380 e. The van der Waals surface area contributed by atoms with Crippen molar-refractivity contribution < 1.29 is 9.72 Å². The number of benzene rings is 1. The Hall–Kier alpha value is -2.11. The zero-order valence-electron chi connectivity index (χ0n) is 12.5. The number of nitrogens with zero attached hydrogens (tertiary/aromatic N) is 2. The van der Waals surface area contributed by atoms with Crippen LogP contribution in [-0.2, 0) is 0 Å². The van der Waals surface area contributed by atoms with Gasteiger partial charge < -0.3 is 10.2 Å². The van der Waals surface area contributed by atoms with Gasteiger partial charge >= 0.3 is 0 Å². The lowest BCUT2D eigenvalue weighted by Crippen LogP contribution is -2.34. The van der Waals surface area contributed by atoms with Crippen LogP contribution in [0.3, 0.4) is 0 Å². The van der Waals surface area contributed by atoms with Crippen molar-refractivity contribution in [1.82, 2.24) is 4.90 Å². The maximum atomic E-state index is 12.4. The minimum absolute atomic E-state index is 0.00459. The molecule has 1 aromatic rings. The molecule has 0 aliphatic heterocycles. The third kappa shape index (κ3) is 3.51. The van der Waals surface area contributed by atoms with Crippen molar-refractivity contribution in [3.63, 3.8) is 0 Å². The van der Waals surface area contributed by atoms with E-state index >= 15 is 0 Å². The highest BCUT2D eigenvalue weighted by molar-refractivity contribution is 5.95. The Kier molecular flexibility index (Phi) is 4.77. The third-order valence-corrected chi connectivity index (χ3v) is 3.91. The lowest BCUT2D eigenvalue weighted by molar-refractivity contribution is -0.384. The molecule has 114 valence electrons. The number of amides is 1. The van der Waals surface area contributed by atoms with Crippen LogP contribution in [0.5, 0.6) is 0 Å². The number of nitrogens with one attached hydrogen (secondary N) is 1. The van der Waals surface area contributed by atoms with E-state index in [0.717, 1.165) is 6.54 Å². The van der Waals surface area contributed by atoms with Crippen molar-refractivity contribution in [2.24, 2.45) is 5.92 Å². The maximum absolute atomic E-state index is 12.4. The number of carbonyl (C=O) groups excluding carboxylic acids is 1. The number of rotatable bonds is 6. The first-order valence-corrected chi connectivity index (χ1v) is 7.30. The molecule has 0 bridgehead atoms. The number of nitro groups is 1. The molecule has 0 heterocycles. The van der Waals surface area contributed by atoms with Crippen LogP contribution in [0.25, 0.3) is 0 Å². The predicted molar refractivity (Wildman–Crippen MR) is 81.6 cm³/mol. The number of carbonyl (C=O) groups is 1. The van der Waals surface area contributed by atoms with E-state index < -0.39 is 4.92 Å². The quantitative estimate of drug-likeness (QED) is 0.646. The fraction of sp³-hybridized carbons (Fsp3) is 0.533. The first-order valence-electron chi connectivity index (χ1n) is 7.30. The van der Waals surface area contributed by atoms with Crippen molar-refractivity contribution in [2.45, 2.75) is 26.2 Å². The standard InChI is InChI=1S/C15H21N3O3/c1-3-16-13-9-12(7-8-14(13)18(20)21)15(19)17(2)10-11-5-4-6-11/h7-9,11,16H,3-6,10H2,1-2H3. The SMILES string of the molecule is CCNc1cc(C(=O)N(C)CC2CCC2)ccc1[N+](=O)[O-]. The van der Waals surface area contributed by atoms with Gasteiger partial charge in [-0.05, 0) is 37.8 Å². The molecule has 6 heteroatoms. The van der Waals surface area contributed by atoms with Crippen molar-refractivity contribution in [3.8, 4) is 0 Å². The molecular formula is C15H21N3O3. The van der Waals surface area contributed by atoms with E-state index in [1.165, 1.54) is 31.4 Å². The van der Waals surface area contributed by atoms with Gasteiger partial charge in [0, 0.05) is 31.8 Å². The molecule has 0 unspecified atom stereocenters. The lowest BCUT2D eigenvalue weighted by atomic mass is 9.85. The minimum Gasteiger partial charge on any atom is -0.380 e. The summed E-state index contributed by atoms with van der Waals surface area (Å²) in [6.45, 7) is 3.18. The molecule has 21 heavy (non-hydrogen) atoms. The molecule has 0 radical (unpaired) electrons. The second kappa shape index (κ2) is 6.56. The number of hydrogen-bond acceptors (Lipinski definition) is 4. The molecule has 0 spiro atoms. The zero-order chi connectivity index (χ0) is 15.4. The average Bonchev–Trinajstić information content (AvgIpc) is 2.41. The van der Waals surface area contributed by atoms with Gasteiger partial charge in [-0.15, -0.1) is 0 Å². The number of nitro benzene ring substituents is 1. The van der Waals surface area contributed by atoms with Crippen molar-refractivity contribution in [3.05, 3.63) is 33.9 Å². The van der Waals surface area contributed by atoms with Gasteiger partial charge in [0.1, 0.15) is 5.69 Å². The highest BCUT2D eigenvalue weighted by atomic mass is 16.6. The number of hydrogen-bond donors (Lipinski definition) is 1. The Balaban J connectivity index is 2.16. The van der Waals surface area contributed by atoms with Gasteiger partial charge in [-0.3, -0.25) is 14.9 Å². The van der Waals surface area contributed by atoms with Gasteiger partial charge in [0.05, 0.1) is 4.92 Å². The molecule has 1 amide bonds. The van der Waals surface area contributed by atoms with E-state index in [9.17, 15) is 14.9 Å². The van der Waals surface area contributed by atoms with Crippen LogP contribution in [-0.4, -0.2) is 35.9 Å². The molecule has 2 rings (SSSR count). The maximum Gasteiger partial charge on any atom is 0.292 e. The van der Waals surface area contributed by atoms with E-state index in [2.05, 4.69) is 5.32 Å². The summed E-state index contributed by atoms with van der Waals surface area (Å²) in [6.07, 6.45) is 3.61. The minimum atomic E-state index is -0.440. The summed E-state index contributed by atoms with van der Waals surface area (Å²) in [7, 11) is 1.79. The fourth-order valence-corrected chi connectivity index (χ4v) is 2.53. The molecule has 1 fully saturated rings. The lowest BCUT2D eigenvalue weighted by Gasteiger charge is -2.30. The molecule has 1 aliphatic rings. The summed E-state index contributed by atoms with van der Waals surface area (Å²) >= 11 is 0. The van der Waals surface area contributed by atoms with E-state index in [1.807, 2.05) is 6.92 Å². The topological polar surface area (TPSA) is 75.5 Å². The molecule has 1 saturated carbocycles. The first kappa shape index (κ1) is 15.3. The van der Waals surface area contributed by atoms with Crippen LogP contribution in [0, 0.1) is 16.0 Å². The Morgan fingerprint density at radius 3 is 2.71 bits per heavy atom. The molecular weight excluding hydrogens is 270 g/mol. The Morgan fingerprint density at radius 1 is 1.48 bits per heavy atom. The monoisotopic (exact) mass is 291 g/mol. The Bertz CT molecular complexity index is 541. The molecule has 6 nitrogen and oxygen atoms in total. The fourth-order valence-electron chi connectivity index (χ4n) is 2.53. The molecule has 0 saturated heterocycles. The summed E-state index contributed by atoms with van der Waals surface area (Å²) in [5, 5.41) is 13.9. The molecule has 0 aromatic heterocycles. The molecule has 1 aliphatic carbocycles. The predicted octanol–water partition coefficient (Wildman–Crippen LogP) is 2.90. The van der Waals surface area contributed by atoms with Gasteiger partial charge in [0.15, 0.2) is 0 Å². The summed E-state index contributed by atoms with van der Waals surface area (Å²) in [6, 6.07) is 4.49.